The number of nitrogens with zero attached hydrogens (tertiary/aromatic N) is 2. The van der Waals surface area contributed by atoms with Crippen LogP contribution in [0.3, 0.4) is 0 Å². The molecule has 5 aromatic rings. The lowest BCUT2D eigenvalue weighted by molar-refractivity contribution is -0.141. The van der Waals surface area contributed by atoms with Crippen LogP contribution in [0.4, 0.5) is 0 Å². The van der Waals surface area contributed by atoms with Crippen molar-refractivity contribution in [1.29, 1.82) is 0 Å². The van der Waals surface area contributed by atoms with E-state index in [2.05, 4.69) is 10.6 Å². The van der Waals surface area contributed by atoms with E-state index in [-0.39, 0.29) is 71.6 Å². The lowest BCUT2D eigenvalue weighted by Gasteiger charge is -2.38. The smallest absolute Gasteiger partial charge is 0.303 e. The van der Waals surface area contributed by atoms with Crippen LogP contribution in [0.1, 0.15) is 132 Å². The number of carboxylic acids is 6. The van der Waals surface area contributed by atoms with Crippen LogP contribution < -0.4 is 10.6 Å². The third kappa shape index (κ3) is 9.53. The number of fused-ring (bicyclic) bond motifs is 2. The second-order valence-electron chi connectivity index (χ2n) is 18.4. The second-order valence-corrected chi connectivity index (χ2v) is 18.4. The molecular weight excluding hydrogens is 945 g/mol. The summed E-state index contributed by atoms with van der Waals surface area (Å²) in [5, 5.41) is 65.4. The molecule has 2 aliphatic rings. The van der Waals surface area contributed by atoms with Crippen molar-refractivity contribution in [2.75, 3.05) is 0 Å². The Balaban J connectivity index is 1.24. The molecule has 6 amide bonds. The molecule has 0 spiro atoms. The van der Waals surface area contributed by atoms with Crippen LogP contribution in [0.5, 0.6) is 0 Å². The molecule has 0 saturated carbocycles. The van der Waals surface area contributed by atoms with Crippen LogP contribution in [0, 0.1) is 0 Å². The van der Waals surface area contributed by atoms with E-state index in [0.717, 1.165) is 9.80 Å². The van der Waals surface area contributed by atoms with Crippen molar-refractivity contribution in [2.24, 2.45) is 0 Å². The Morgan fingerprint density at radius 2 is 0.597 bits per heavy atom. The fourth-order valence-electron chi connectivity index (χ4n) is 10.2. The van der Waals surface area contributed by atoms with Crippen LogP contribution in [0.2, 0.25) is 0 Å². The Kier molecular flexibility index (Phi) is 14.0. The molecule has 2 aliphatic heterocycles. The Labute approximate surface area is 406 Å². The molecule has 0 fully saturated rings. The molecule has 7 rings (SSSR count). The highest BCUT2D eigenvalue weighted by atomic mass is 16.4. The van der Waals surface area contributed by atoms with E-state index in [1.165, 1.54) is 38.1 Å². The van der Waals surface area contributed by atoms with E-state index in [1.54, 1.807) is 24.3 Å². The fourth-order valence-corrected chi connectivity index (χ4v) is 10.2. The number of hydrogen-bond acceptors (Lipinski definition) is 12. The zero-order valence-electron chi connectivity index (χ0n) is 38.7. The molecular formula is C50H48N4O18. The van der Waals surface area contributed by atoms with E-state index in [0.29, 0.717) is 32.3 Å². The van der Waals surface area contributed by atoms with Gasteiger partial charge in [0, 0.05) is 82.6 Å². The predicted octanol–water partition coefficient (Wildman–Crippen LogP) is 4.61. The van der Waals surface area contributed by atoms with Crippen molar-refractivity contribution in [3.8, 4) is 0 Å². The highest BCUT2D eigenvalue weighted by molar-refractivity contribution is 6.41. The highest BCUT2D eigenvalue weighted by Gasteiger charge is 2.45. The van der Waals surface area contributed by atoms with Gasteiger partial charge < -0.3 is 41.3 Å². The van der Waals surface area contributed by atoms with Crippen molar-refractivity contribution in [2.45, 2.75) is 114 Å². The minimum Gasteiger partial charge on any atom is -0.481 e. The summed E-state index contributed by atoms with van der Waals surface area (Å²) in [6, 6.07) is 9.14. The zero-order chi connectivity index (χ0) is 52.7. The van der Waals surface area contributed by atoms with Crippen molar-refractivity contribution in [1.82, 2.24) is 20.4 Å². The molecule has 22 heteroatoms. The first-order chi connectivity index (χ1) is 33.9. The minimum absolute atomic E-state index is 0.0268. The zero-order valence-corrected chi connectivity index (χ0v) is 38.7. The Hall–Kier alpha value is -8.56. The minimum atomic E-state index is -1.65. The predicted molar refractivity (Wildman–Crippen MR) is 251 cm³/mol. The van der Waals surface area contributed by atoms with Gasteiger partial charge in [0.05, 0.1) is 0 Å². The molecule has 0 saturated heterocycles. The molecule has 5 aromatic carbocycles. The van der Waals surface area contributed by atoms with Crippen LogP contribution in [-0.2, 0) is 38.4 Å². The topological polar surface area (TPSA) is 357 Å². The van der Waals surface area contributed by atoms with Crippen molar-refractivity contribution in [3.63, 3.8) is 0 Å². The first-order valence-corrected chi connectivity index (χ1v) is 22.8. The quantitative estimate of drug-likeness (QED) is 0.0238. The van der Waals surface area contributed by atoms with Crippen molar-refractivity contribution in [3.05, 3.63) is 70.8 Å². The monoisotopic (exact) mass is 992 g/mol. The standard InChI is InChI=1S/C50H48N4O18/c1-23(43(67)51-49(17-11-33(55)56,18-12-34(57)58)19-13-35(59)60)53-45(69)29-7-3-25-27-5-9-31-42-32(10-6-28(40(27)42)26-4-8-30(46(53)70)41(29)39(25)26)48(72)54(47(31)71)24(2)44(68)52-50(20-14-36(61)62,21-15-37(63)64)22-16-38(65)66/h3-10,23-24H,11-22H2,1-2H3,(H,51,67)(H,52,68)(H,55,56)(H,57,58)(H,59,60)(H,61,62)(H,63,64)(H,65,66)/t23-,24-/m1/s1. The summed E-state index contributed by atoms with van der Waals surface area (Å²) in [5.41, 5.74) is -3.19. The Morgan fingerprint density at radius 1 is 0.389 bits per heavy atom. The molecule has 0 bridgehead atoms. The molecule has 376 valence electrons. The molecule has 0 unspecified atom stereocenters. The van der Waals surface area contributed by atoms with Gasteiger partial charge in [0.1, 0.15) is 12.1 Å². The van der Waals surface area contributed by atoms with Gasteiger partial charge in [-0.3, -0.25) is 67.3 Å². The number of aliphatic carboxylic acids is 6. The Bertz CT molecular complexity index is 2790. The number of hydrogen-bond donors (Lipinski definition) is 8. The largest absolute Gasteiger partial charge is 0.481 e. The van der Waals surface area contributed by atoms with E-state index in [9.17, 15) is 88.2 Å². The number of benzene rings is 5. The molecule has 2 heterocycles. The van der Waals surface area contributed by atoms with E-state index < -0.39 is 133 Å². The van der Waals surface area contributed by atoms with E-state index in [4.69, 9.17) is 0 Å². The lowest BCUT2D eigenvalue weighted by atomic mass is 9.81. The Morgan fingerprint density at radius 3 is 0.792 bits per heavy atom. The van der Waals surface area contributed by atoms with Gasteiger partial charge in [-0.2, -0.15) is 0 Å². The van der Waals surface area contributed by atoms with E-state index in [1.807, 2.05) is 0 Å². The molecule has 0 aliphatic carbocycles. The fraction of sp³-hybridized carbons (Fsp3) is 0.360. The van der Waals surface area contributed by atoms with Gasteiger partial charge in [-0.05, 0) is 109 Å². The lowest BCUT2D eigenvalue weighted by Crippen LogP contribution is -2.58. The van der Waals surface area contributed by atoms with Crippen LogP contribution in [0.15, 0.2) is 48.5 Å². The number of imide groups is 2. The number of carboxylic acid groups (broad SMARTS) is 6. The number of nitrogens with one attached hydrogen (secondary N) is 2. The summed E-state index contributed by atoms with van der Waals surface area (Å²) < 4.78 is 0. The second kappa shape index (κ2) is 19.7. The molecule has 2 atom stereocenters. The van der Waals surface area contributed by atoms with Crippen molar-refractivity contribution < 1.29 is 88.2 Å². The average Bonchev–Trinajstić information content (AvgIpc) is 3.32. The van der Waals surface area contributed by atoms with Crippen LogP contribution >= 0.6 is 0 Å². The van der Waals surface area contributed by atoms with Gasteiger partial charge in [-0.15, -0.1) is 0 Å². The van der Waals surface area contributed by atoms with Gasteiger partial charge in [-0.1, -0.05) is 24.3 Å². The highest BCUT2D eigenvalue weighted by Crippen LogP contribution is 2.47. The molecule has 22 nitrogen and oxygen atoms in total. The summed E-state index contributed by atoms with van der Waals surface area (Å²) >= 11 is 0. The van der Waals surface area contributed by atoms with Crippen LogP contribution in [0.25, 0.3) is 43.1 Å². The average molecular weight is 993 g/mol. The number of carbonyl (C=O) groups excluding carboxylic acids is 6. The normalized spacial score (nSPS) is 14.5. The maximum absolute atomic E-state index is 14.4. The maximum Gasteiger partial charge on any atom is 0.303 e. The third-order valence-electron chi connectivity index (χ3n) is 13.9. The van der Waals surface area contributed by atoms with E-state index >= 15 is 0 Å². The van der Waals surface area contributed by atoms with Gasteiger partial charge in [0.25, 0.3) is 23.6 Å². The van der Waals surface area contributed by atoms with Gasteiger partial charge in [0.15, 0.2) is 0 Å². The summed E-state index contributed by atoms with van der Waals surface area (Å²) in [7, 11) is 0. The molecule has 8 N–H and O–H groups in total. The molecule has 72 heavy (non-hydrogen) atoms. The van der Waals surface area contributed by atoms with Gasteiger partial charge >= 0.3 is 35.8 Å². The van der Waals surface area contributed by atoms with Crippen molar-refractivity contribution >= 4 is 114 Å². The van der Waals surface area contributed by atoms with Gasteiger partial charge in [0.2, 0.25) is 11.8 Å². The summed E-state index contributed by atoms with van der Waals surface area (Å²) in [4.78, 5) is 157. The summed E-state index contributed by atoms with van der Waals surface area (Å²) in [6.45, 7) is 2.51. The summed E-state index contributed by atoms with van der Waals surface area (Å²) in [5.74, 6) is -13.2. The maximum atomic E-state index is 14.4. The first kappa shape index (κ1) is 51.3. The number of amides is 6. The molecule has 0 radical (unpaired) electrons. The van der Waals surface area contributed by atoms with Gasteiger partial charge in [-0.25, -0.2) is 0 Å². The summed E-state index contributed by atoms with van der Waals surface area (Å²) in [6.07, 6.45) is -5.46. The SMILES string of the molecule is C[C@H](C(=O)NC(CCC(=O)O)(CCC(=O)O)CCC(=O)O)N1C(=O)c2ccc3c4ccc5c6c(ccc(c7ccc(c2c37)C1=O)c64)C(=O)N([C@H](C)C(=O)NC(CCC(=O)O)(CCC(=O)O)CCC(=O)O)C5=O. The molecule has 0 aromatic heterocycles. The van der Waals surface area contributed by atoms with Crippen LogP contribution in [-0.4, -0.2) is 135 Å². The number of carbonyl (C=O) groups is 12. The number of rotatable bonds is 24. The first-order valence-electron chi connectivity index (χ1n) is 22.8. The third-order valence-corrected chi connectivity index (χ3v) is 13.9.